The molecule has 0 N–H and O–H groups in total. The molecule has 0 aromatic heterocycles. The molecule has 108 valence electrons. The van der Waals surface area contributed by atoms with Crippen LogP contribution >= 0.6 is 7.92 Å². The van der Waals surface area contributed by atoms with Crippen LogP contribution in [0.2, 0.25) is 0 Å². The lowest BCUT2D eigenvalue weighted by Gasteiger charge is -2.21. The van der Waals surface area contributed by atoms with Crippen molar-refractivity contribution in [3.05, 3.63) is 60.7 Å². The van der Waals surface area contributed by atoms with Crippen molar-refractivity contribution in [3.8, 4) is 0 Å². The highest BCUT2D eigenvalue weighted by molar-refractivity contribution is 7.73. The molecule has 1 aliphatic rings. The van der Waals surface area contributed by atoms with Gasteiger partial charge in [0, 0.05) is 6.54 Å². The van der Waals surface area contributed by atoms with Crippen molar-refractivity contribution >= 4 is 24.6 Å². The van der Waals surface area contributed by atoms with E-state index in [1.807, 2.05) is 12.1 Å². The van der Waals surface area contributed by atoms with Crippen LogP contribution in [-0.2, 0) is 4.74 Å². The molecule has 21 heavy (non-hydrogen) atoms. The zero-order valence-corrected chi connectivity index (χ0v) is 12.7. The summed E-state index contributed by atoms with van der Waals surface area (Å²) in [4.78, 5) is 13.4. The van der Waals surface area contributed by atoms with Crippen molar-refractivity contribution in [3.63, 3.8) is 0 Å². The average molecular weight is 299 g/mol. The molecule has 0 spiro atoms. The maximum atomic E-state index is 11.6. The summed E-state index contributed by atoms with van der Waals surface area (Å²) in [5.41, 5.74) is 0. The molecule has 1 amide bonds. The molecular weight excluding hydrogens is 281 g/mol. The predicted molar refractivity (Wildman–Crippen MR) is 86.9 cm³/mol. The van der Waals surface area contributed by atoms with Crippen LogP contribution in [0, 0.1) is 0 Å². The first kappa shape index (κ1) is 14.1. The van der Waals surface area contributed by atoms with Crippen LogP contribution in [0.4, 0.5) is 4.79 Å². The van der Waals surface area contributed by atoms with Gasteiger partial charge in [-0.05, 0) is 24.7 Å². The summed E-state index contributed by atoms with van der Waals surface area (Å²) in [6, 6.07) is 21.1. The molecule has 2 aromatic carbocycles. The van der Waals surface area contributed by atoms with Gasteiger partial charge in [-0.2, -0.15) is 0 Å². The molecule has 0 aliphatic carbocycles. The number of benzene rings is 2. The Bertz CT molecular complexity index is 549. The number of rotatable bonds is 5. The largest absolute Gasteiger partial charge is 0.448 e. The van der Waals surface area contributed by atoms with E-state index in [-0.39, 0.29) is 6.09 Å². The predicted octanol–water partition coefficient (Wildman–Crippen LogP) is 2.57. The van der Waals surface area contributed by atoms with Crippen molar-refractivity contribution in [1.29, 1.82) is 0 Å². The molecule has 0 bridgehead atoms. The highest BCUT2D eigenvalue weighted by atomic mass is 31.1. The minimum absolute atomic E-state index is 0.175. The summed E-state index contributed by atoms with van der Waals surface area (Å²) in [5.74, 6) is 0. The highest BCUT2D eigenvalue weighted by Gasteiger charge is 2.23. The van der Waals surface area contributed by atoms with Crippen molar-refractivity contribution in [2.24, 2.45) is 0 Å². The lowest BCUT2D eigenvalue weighted by atomic mass is 10.4. The third kappa shape index (κ3) is 3.43. The fraction of sp³-hybridized carbons (Fsp3) is 0.235. The van der Waals surface area contributed by atoms with Crippen molar-refractivity contribution in [1.82, 2.24) is 4.90 Å². The fourth-order valence-corrected chi connectivity index (χ4v) is 4.79. The van der Waals surface area contributed by atoms with Crippen molar-refractivity contribution in [2.45, 2.75) is 0 Å². The van der Waals surface area contributed by atoms with E-state index in [1.165, 1.54) is 10.6 Å². The number of hydrogen-bond donors (Lipinski definition) is 0. The zero-order chi connectivity index (χ0) is 14.5. The lowest BCUT2D eigenvalue weighted by Crippen LogP contribution is -2.29. The second-order valence-corrected chi connectivity index (χ2v) is 7.26. The van der Waals surface area contributed by atoms with Crippen molar-refractivity contribution < 1.29 is 9.53 Å². The van der Waals surface area contributed by atoms with E-state index >= 15 is 0 Å². The van der Waals surface area contributed by atoms with Gasteiger partial charge in [0.2, 0.25) is 0 Å². The topological polar surface area (TPSA) is 29.5 Å². The molecule has 0 radical (unpaired) electrons. The Balaban J connectivity index is 1.78. The van der Waals surface area contributed by atoms with E-state index in [0.717, 1.165) is 12.7 Å². The van der Waals surface area contributed by atoms with Gasteiger partial charge in [0.1, 0.15) is 6.61 Å². The highest BCUT2D eigenvalue weighted by Crippen LogP contribution is 2.33. The van der Waals surface area contributed by atoms with Crippen LogP contribution < -0.4 is 10.6 Å². The first-order chi connectivity index (χ1) is 10.3. The normalized spacial score (nSPS) is 14.5. The molecule has 0 atom stereocenters. The number of carbonyl (C=O) groups is 1. The molecule has 1 fully saturated rings. The Kier molecular flexibility index (Phi) is 4.52. The van der Waals surface area contributed by atoms with E-state index < -0.39 is 7.92 Å². The molecule has 3 rings (SSSR count). The Labute approximate surface area is 126 Å². The third-order valence-corrected chi connectivity index (χ3v) is 6.06. The van der Waals surface area contributed by atoms with Gasteiger partial charge in [0.05, 0.1) is 6.54 Å². The van der Waals surface area contributed by atoms with Gasteiger partial charge in [-0.25, -0.2) is 4.79 Å². The lowest BCUT2D eigenvalue weighted by molar-refractivity contribution is 0.160. The van der Waals surface area contributed by atoms with Gasteiger partial charge in [0.25, 0.3) is 0 Å². The third-order valence-electron chi connectivity index (χ3n) is 3.57. The van der Waals surface area contributed by atoms with Crippen LogP contribution in [-0.4, -0.2) is 36.9 Å². The first-order valence-corrected chi connectivity index (χ1v) is 8.66. The summed E-state index contributed by atoms with van der Waals surface area (Å²) in [6.07, 6.45) is 0.796. The maximum Gasteiger partial charge on any atom is 0.409 e. The van der Waals surface area contributed by atoms with Gasteiger partial charge < -0.3 is 9.64 Å². The van der Waals surface area contributed by atoms with Crippen LogP contribution in [0.5, 0.6) is 0 Å². The maximum absolute atomic E-state index is 11.6. The molecule has 3 nitrogen and oxygen atoms in total. The zero-order valence-electron chi connectivity index (χ0n) is 11.8. The minimum atomic E-state index is -0.436. The number of amides is 1. The number of cyclic esters (lactones) is 1. The van der Waals surface area contributed by atoms with Gasteiger partial charge in [-0.1, -0.05) is 60.7 Å². The summed E-state index contributed by atoms with van der Waals surface area (Å²) in [6.45, 7) is 1.99. The van der Waals surface area contributed by atoms with Gasteiger partial charge in [-0.3, -0.25) is 0 Å². The van der Waals surface area contributed by atoms with Gasteiger partial charge in [-0.15, -0.1) is 0 Å². The Morgan fingerprint density at radius 2 is 1.52 bits per heavy atom. The van der Waals surface area contributed by atoms with Crippen molar-refractivity contribution in [2.75, 3.05) is 25.9 Å². The van der Waals surface area contributed by atoms with Gasteiger partial charge >= 0.3 is 6.09 Å². The minimum Gasteiger partial charge on any atom is -0.448 e. The van der Waals surface area contributed by atoms with E-state index in [0.29, 0.717) is 13.2 Å². The van der Waals surface area contributed by atoms with Crippen LogP contribution in [0.25, 0.3) is 0 Å². The first-order valence-electron chi connectivity index (χ1n) is 7.14. The molecule has 1 saturated heterocycles. The molecule has 2 aromatic rings. The smallest absolute Gasteiger partial charge is 0.409 e. The van der Waals surface area contributed by atoms with Crippen LogP contribution in [0.15, 0.2) is 60.7 Å². The molecule has 1 heterocycles. The SMILES string of the molecule is O=C1OCCN1CCP(c1ccccc1)c1ccccc1. The van der Waals surface area contributed by atoms with E-state index in [9.17, 15) is 4.79 Å². The Morgan fingerprint density at radius 1 is 0.952 bits per heavy atom. The standard InChI is InChI=1S/C17H18NO2P/c19-17-18(11-13-20-17)12-14-21(15-7-3-1-4-8-15)16-9-5-2-6-10-16/h1-10H,11-14H2. The summed E-state index contributed by atoms with van der Waals surface area (Å²) >= 11 is 0. The van der Waals surface area contributed by atoms with Crippen LogP contribution in [0.3, 0.4) is 0 Å². The number of ether oxygens (including phenoxy) is 1. The van der Waals surface area contributed by atoms with E-state index in [2.05, 4.69) is 48.5 Å². The molecule has 0 saturated carbocycles. The summed E-state index contributed by atoms with van der Waals surface area (Å²) < 4.78 is 5.00. The molecule has 0 unspecified atom stereocenters. The van der Waals surface area contributed by atoms with Gasteiger partial charge in [0.15, 0.2) is 0 Å². The number of carbonyl (C=O) groups excluding carboxylic acids is 1. The fourth-order valence-electron chi connectivity index (χ4n) is 2.47. The second-order valence-electron chi connectivity index (χ2n) is 4.92. The van der Waals surface area contributed by atoms with Crippen LogP contribution in [0.1, 0.15) is 0 Å². The van der Waals surface area contributed by atoms with E-state index in [1.54, 1.807) is 4.90 Å². The number of hydrogen-bond acceptors (Lipinski definition) is 2. The van der Waals surface area contributed by atoms with E-state index in [4.69, 9.17) is 4.74 Å². The quantitative estimate of drug-likeness (QED) is 0.794. The molecular formula is C17H18NO2P. The molecule has 1 aliphatic heterocycles. The Hall–Kier alpha value is -1.86. The monoisotopic (exact) mass is 299 g/mol. The average Bonchev–Trinajstić information content (AvgIpc) is 2.95. The molecule has 4 heteroatoms. The Morgan fingerprint density at radius 3 is 2.00 bits per heavy atom. The number of nitrogens with zero attached hydrogens (tertiary/aromatic N) is 1. The summed E-state index contributed by atoms with van der Waals surface area (Å²) in [5, 5.41) is 2.71. The summed E-state index contributed by atoms with van der Waals surface area (Å²) in [7, 11) is -0.436. The second kappa shape index (κ2) is 6.73.